The van der Waals surface area contributed by atoms with Crippen LogP contribution in [0.3, 0.4) is 0 Å². The first-order valence-corrected chi connectivity index (χ1v) is 9.75. The third-order valence-corrected chi connectivity index (χ3v) is 5.34. The third kappa shape index (κ3) is 4.75. The number of carbonyl (C=O) groups is 2. The standard InChI is InChI=1S/C18H24N2O5S/c1-4-8-25-18(22)15-11-26-16(9-12(2)3)19(15)17(21)13-6-5-7-14(10-13)20(23)24/h5-7,10,12,15-16H,4,8-9,11H2,1-3H3/t15-,16-/m1/s1. The summed E-state index contributed by atoms with van der Waals surface area (Å²) < 4.78 is 5.25. The highest BCUT2D eigenvalue weighted by Crippen LogP contribution is 2.35. The Balaban J connectivity index is 2.30. The fourth-order valence-electron chi connectivity index (χ4n) is 2.80. The maximum atomic E-state index is 13.1. The minimum absolute atomic E-state index is 0.145. The van der Waals surface area contributed by atoms with Crippen LogP contribution in [0.1, 0.15) is 44.0 Å². The lowest BCUT2D eigenvalue weighted by Gasteiger charge is -2.29. The van der Waals surface area contributed by atoms with Crippen LogP contribution in [-0.4, -0.2) is 45.5 Å². The summed E-state index contributed by atoms with van der Waals surface area (Å²) in [5.41, 5.74) is 0.0666. The molecule has 0 N–H and O–H groups in total. The first-order chi connectivity index (χ1) is 12.3. The number of amides is 1. The second-order valence-electron chi connectivity index (χ2n) is 6.62. The number of benzene rings is 1. The molecule has 2 atom stereocenters. The van der Waals surface area contributed by atoms with E-state index in [0.29, 0.717) is 24.7 Å². The van der Waals surface area contributed by atoms with Crippen molar-refractivity contribution in [3.8, 4) is 0 Å². The van der Waals surface area contributed by atoms with E-state index in [-0.39, 0.29) is 22.5 Å². The van der Waals surface area contributed by atoms with Gasteiger partial charge in [-0.1, -0.05) is 26.8 Å². The summed E-state index contributed by atoms with van der Waals surface area (Å²) in [7, 11) is 0. The molecule has 26 heavy (non-hydrogen) atoms. The first kappa shape index (κ1) is 20.2. The number of thioether (sulfide) groups is 1. The molecule has 1 fully saturated rings. The molecule has 0 saturated carbocycles. The van der Waals surface area contributed by atoms with Crippen LogP contribution in [0.25, 0.3) is 0 Å². The zero-order valence-electron chi connectivity index (χ0n) is 15.2. The Morgan fingerprint density at radius 2 is 2.15 bits per heavy atom. The first-order valence-electron chi connectivity index (χ1n) is 8.70. The van der Waals surface area contributed by atoms with Crippen molar-refractivity contribution in [2.45, 2.75) is 45.0 Å². The Hall–Kier alpha value is -2.09. The van der Waals surface area contributed by atoms with Gasteiger partial charge in [-0.3, -0.25) is 14.9 Å². The molecule has 1 saturated heterocycles. The molecule has 0 radical (unpaired) electrons. The monoisotopic (exact) mass is 380 g/mol. The van der Waals surface area contributed by atoms with Crippen molar-refractivity contribution in [3.63, 3.8) is 0 Å². The van der Waals surface area contributed by atoms with Gasteiger partial charge in [-0.05, 0) is 24.8 Å². The van der Waals surface area contributed by atoms with Gasteiger partial charge in [-0.2, -0.15) is 0 Å². The number of nitro benzene ring substituents is 1. The Bertz CT molecular complexity index is 679. The smallest absolute Gasteiger partial charge is 0.329 e. The fraction of sp³-hybridized carbons (Fsp3) is 0.556. The van der Waals surface area contributed by atoms with E-state index in [2.05, 4.69) is 13.8 Å². The van der Waals surface area contributed by atoms with E-state index in [9.17, 15) is 19.7 Å². The normalized spacial score (nSPS) is 19.6. The Morgan fingerprint density at radius 3 is 2.77 bits per heavy atom. The number of esters is 1. The summed E-state index contributed by atoms with van der Waals surface area (Å²) in [6, 6.07) is 4.96. The highest BCUT2D eigenvalue weighted by molar-refractivity contribution is 8.00. The number of hydrogen-bond donors (Lipinski definition) is 0. The lowest BCUT2D eigenvalue weighted by molar-refractivity contribution is -0.384. The second kappa shape index (κ2) is 9.02. The van der Waals surface area contributed by atoms with E-state index < -0.39 is 16.9 Å². The lowest BCUT2D eigenvalue weighted by Crippen LogP contribution is -2.46. The van der Waals surface area contributed by atoms with Crippen LogP contribution in [0.4, 0.5) is 5.69 Å². The molecule has 0 spiro atoms. The van der Waals surface area contributed by atoms with Crippen LogP contribution in [0, 0.1) is 16.0 Å². The van der Waals surface area contributed by atoms with Crippen molar-refractivity contribution >= 4 is 29.3 Å². The number of nitro groups is 1. The van der Waals surface area contributed by atoms with Crippen LogP contribution in [-0.2, 0) is 9.53 Å². The maximum Gasteiger partial charge on any atom is 0.329 e. The number of nitrogens with zero attached hydrogens (tertiary/aromatic N) is 2. The third-order valence-electron chi connectivity index (χ3n) is 4.02. The van der Waals surface area contributed by atoms with Crippen molar-refractivity contribution in [1.29, 1.82) is 0 Å². The van der Waals surface area contributed by atoms with Crippen LogP contribution in [0.5, 0.6) is 0 Å². The molecule has 1 heterocycles. The van der Waals surface area contributed by atoms with Crippen molar-refractivity contribution in [3.05, 3.63) is 39.9 Å². The predicted octanol–water partition coefficient (Wildman–Crippen LogP) is 3.48. The quantitative estimate of drug-likeness (QED) is 0.409. The van der Waals surface area contributed by atoms with E-state index in [4.69, 9.17) is 4.74 Å². The minimum atomic E-state index is -0.665. The van der Waals surface area contributed by atoms with E-state index in [1.54, 1.807) is 22.7 Å². The van der Waals surface area contributed by atoms with Gasteiger partial charge in [-0.25, -0.2) is 4.79 Å². The van der Waals surface area contributed by atoms with Crippen molar-refractivity contribution in [2.24, 2.45) is 5.92 Å². The average molecular weight is 380 g/mol. The van der Waals surface area contributed by atoms with Gasteiger partial charge in [0.1, 0.15) is 6.04 Å². The summed E-state index contributed by atoms with van der Waals surface area (Å²) in [5.74, 6) is 0.0335. The highest BCUT2D eigenvalue weighted by atomic mass is 32.2. The molecule has 0 aliphatic carbocycles. The number of rotatable bonds is 7. The topological polar surface area (TPSA) is 89.8 Å². The molecule has 0 bridgehead atoms. The molecule has 1 aliphatic heterocycles. The fourth-order valence-corrected chi connectivity index (χ4v) is 4.43. The van der Waals surface area contributed by atoms with Gasteiger partial charge in [0.15, 0.2) is 0 Å². The second-order valence-corrected chi connectivity index (χ2v) is 7.83. The number of hydrogen-bond acceptors (Lipinski definition) is 6. The SMILES string of the molecule is CCCOC(=O)[C@H]1CS[C@H](CC(C)C)N1C(=O)c1cccc([N+](=O)[O-])c1. The summed E-state index contributed by atoms with van der Waals surface area (Å²) in [5, 5.41) is 10.8. The zero-order valence-corrected chi connectivity index (χ0v) is 16.0. The van der Waals surface area contributed by atoms with Crippen LogP contribution >= 0.6 is 11.8 Å². The minimum Gasteiger partial charge on any atom is -0.464 e. The molecule has 1 aromatic rings. The molecule has 1 aliphatic rings. The molecule has 8 heteroatoms. The van der Waals surface area contributed by atoms with Crippen LogP contribution < -0.4 is 0 Å². The number of non-ortho nitro benzene ring substituents is 1. The van der Waals surface area contributed by atoms with Gasteiger partial charge in [0.05, 0.1) is 16.9 Å². The number of ether oxygens (including phenoxy) is 1. The lowest BCUT2D eigenvalue weighted by atomic mass is 10.1. The summed E-state index contributed by atoms with van der Waals surface area (Å²) in [4.78, 5) is 37.5. The molecule has 7 nitrogen and oxygen atoms in total. The average Bonchev–Trinajstić information content (AvgIpc) is 3.01. The Labute approximate surface area is 157 Å². The molecule has 142 valence electrons. The van der Waals surface area contributed by atoms with Crippen LogP contribution in [0.15, 0.2) is 24.3 Å². The Kier molecular flexibility index (Phi) is 7.02. The van der Waals surface area contributed by atoms with Gasteiger partial charge in [0, 0.05) is 23.4 Å². The highest BCUT2D eigenvalue weighted by Gasteiger charge is 2.43. The molecular weight excluding hydrogens is 356 g/mol. The largest absolute Gasteiger partial charge is 0.464 e. The molecular formula is C18H24N2O5S. The molecule has 2 rings (SSSR count). The van der Waals surface area contributed by atoms with Gasteiger partial charge in [-0.15, -0.1) is 11.8 Å². The Morgan fingerprint density at radius 1 is 1.42 bits per heavy atom. The molecule has 0 unspecified atom stereocenters. The van der Waals surface area contributed by atoms with Crippen molar-refractivity contribution in [1.82, 2.24) is 4.90 Å². The van der Waals surface area contributed by atoms with Gasteiger partial charge < -0.3 is 9.64 Å². The van der Waals surface area contributed by atoms with E-state index in [1.807, 2.05) is 6.92 Å². The van der Waals surface area contributed by atoms with Gasteiger partial charge in [0.25, 0.3) is 11.6 Å². The number of carbonyl (C=O) groups excluding carboxylic acids is 2. The van der Waals surface area contributed by atoms with Crippen LogP contribution in [0.2, 0.25) is 0 Å². The van der Waals surface area contributed by atoms with Crippen molar-refractivity contribution in [2.75, 3.05) is 12.4 Å². The van der Waals surface area contributed by atoms with Crippen molar-refractivity contribution < 1.29 is 19.2 Å². The molecule has 1 aromatic carbocycles. The summed E-state index contributed by atoms with van der Waals surface area (Å²) >= 11 is 1.55. The summed E-state index contributed by atoms with van der Waals surface area (Å²) in [6.07, 6.45) is 1.45. The van der Waals surface area contributed by atoms with Gasteiger partial charge in [0.2, 0.25) is 0 Å². The van der Waals surface area contributed by atoms with E-state index in [0.717, 1.165) is 6.42 Å². The molecule has 0 aromatic heterocycles. The maximum absolute atomic E-state index is 13.1. The van der Waals surface area contributed by atoms with E-state index in [1.165, 1.54) is 18.2 Å². The van der Waals surface area contributed by atoms with E-state index >= 15 is 0 Å². The molecule has 1 amide bonds. The van der Waals surface area contributed by atoms with Gasteiger partial charge >= 0.3 is 5.97 Å². The predicted molar refractivity (Wildman–Crippen MR) is 100 cm³/mol. The zero-order chi connectivity index (χ0) is 19.3. The summed E-state index contributed by atoms with van der Waals surface area (Å²) in [6.45, 7) is 6.33.